The third-order valence-corrected chi connectivity index (χ3v) is 3.85. The molecule has 0 spiro atoms. The monoisotopic (exact) mass is 274 g/mol. The Morgan fingerprint density at radius 1 is 1.30 bits per heavy atom. The van der Waals surface area contributed by atoms with Gasteiger partial charge in [0.25, 0.3) is 0 Å². The number of benzene rings is 1. The van der Waals surface area contributed by atoms with Gasteiger partial charge in [0, 0.05) is 0 Å². The Morgan fingerprint density at radius 3 is 2.80 bits per heavy atom. The molecule has 1 aromatic heterocycles. The highest BCUT2D eigenvalue weighted by atomic mass is 16.6. The van der Waals surface area contributed by atoms with E-state index < -0.39 is 0 Å². The van der Waals surface area contributed by atoms with E-state index in [0.717, 1.165) is 11.0 Å². The summed E-state index contributed by atoms with van der Waals surface area (Å²) in [4.78, 5) is 13.8. The van der Waals surface area contributed by atoms with Crippen molar-refractivity contribution in [2.75, 3.05) is 6.61 Å². The summed E-state index contributed by atoms with van der Waals surface area (Å²) in [6.45, 7) is 6.56. The van der Waals surface area contributed by atoms with Crippen LogP contribution in [0.25, 0.3) is 11.0 Å². The topological polar surface area (TPSA) is 60.2 Å². The minimum absolute atomic E-state index is 0.0699. The quantitative estimate of drug-likeness (QED) is 0.862. The van der Waals surface area contributed by atoms with Crippen LogP contribution in [0.15, 0.2) is 24.3 Å². The molecule has 0 N–H and O–H groups in total. The number of cyclic esters (lactones) is 1. The van der Waals surface area contributed by atoms with Crippen molar-refractivity contribution in [2.24, 2.45) is 5.92 Å². The smallest absolute Gasteiger partial charge is 0.411 e. The zero-order valence-corrected chi connectivity index (χ0v) is 11.9. The van der Waals surface area contributed by atoms with Gasteiger partial charge in [0.05, 0.1) is 11.6 Å². The summed E-state index contributed by atoms with van der Waals surface area (Å²) in [5.74, 6) is 0.332. The highest BCUT2D eigenvalue weighted by Crippen LogP contribution is 2.28. The number of nitrogens with zero attached hydrogens (tertiary/aromatic N) is 4. The zero-order chi connectivity index (χ0) is 14.3. The summed E-state index contributed by atoms with van der Waals surface area (Å²) in [6.07, 6.45) is -0.499. The van der Waals surface area contributed by atoms with E-state index in [2.05, 4.69) is 24.2 Å². The lowest BCUT2D eigenvalue weighted by molar-refractivity contribution is 0.117. The third-order valence-electron chi connectivity index (χ3n) is 3.85. The maximum Gasteiger partial charge on any atom is 0.411 e. The molecule has 6 nitrogen and oxygen atoms in total. The normalized spacial score (nSPS) is 20.7. The van der Waals surface area contributed by atoms with E-state index >= 15 is 0 Å². The zero-order valence-electron chi connectivity index (χ0n) is 11.9. The lowest BCUT2D eigenvalue weighted by Gasteiger charge is -2.30. The van der Waals surface area contributed by atoms with Crippen LogP contribution < -0.4 is 0 Å². The summed E-state index contributed by atoms with van der Waals surface area (Å²) in [7, 11) is 0. The number of fused-ring (bicyclic) bond motifs is 1. The molecule has 1 aliphatic heterocycles. The third kappa shape index (κ3) is 1.92. The number of hydrogen-bond donors (Lipinski definition) is 0. The maximum absolute atomic E-state index is 12.0. The maximum atomic E-state index is 12.0. The Labute approximate surface area is 117 Å². The van der Waals surface area contributed by atoms with Crippen LogP contribution in [0.5, 0.6) is 0 Å². The first kappa shape index (κ1) is 12.9. The van der Waals surface area contributed by atoms with E-state index in [9.17, 15) is 4.79 Å². The first-order chi connectivity index (χ1) is 9.59. The van der Waals surface area contributed by atoms with Gasteiger partial charge in [0.15, 0.2) is 0 Å². The van der Waals surface area contributed by atoms with Gasteiger partial charge in [0.1, 0.15) is 18.3 Å². The summed E-state index contributed by atoms with van der Waals surface area (Å²) in [5.41, 5.74) is 1.75. The predicted octanol–water partition coefficient (Wildman–Crippen LogP) is 2.43. The fraction of sp³-hybridized carbons (Fsp3) is 0.500. The highest BCUT2D eigenvalue weighted by molar-refractivity contribution is 5.75. The van der Waals surface area contributed by atoms with Crippen LogP contribution in [0, 0.1) is 5.92 Å². The minimum Gasteiger partial charge on any atom is -0.447 e. The fourth-order valence-electron chi connectivity index (χ4n) is 2.67. The molecule has 20 heavy (non-hydrogen) atoms. The molecule has 0 saturated carbocycles. The molecular formula is C14H18N4O2. The van der Waals surface area contributed by atoms with Crippen LogP contribution in [0.1, 0.15) is 26.9 Å². The van der Waals surface area contributed by atoms with E-state index in [0.29, 0.717) is 12.5 Å². The summed E-state index contributed by atoms with van der Waals surface area (Å²) >= 11 is 0. The van der Waals surface area contributed by atoms with Crippen molar-refractivity contribution in [3.63, 3.8) is 0 Å². The molecule has 0 aliphatic carbocycles. The molecule has 106 valence electrons. The molecule has 0 radical (unpaired) electrons. The average Bonchev–Trinajstić information content (AvgIpc) is 3.01. The second-order valence-corrected chi connectivity index (χ2v) is 5.45. The Bertz CT molecular complexity index is 637. The molecule has 1 amide bonds. The molecule has 1 aliphatic rings. The number of carbonyl (C=O) groups is 1. The van der Waals surface area contributed by atoms with E-state index in [1.54, 1.807) is 9.58 Å². The molecule has 2 atom stereocenters. The molecule has 2 aromatic rings. The SMILES string of the molecule is CC(C)[C@H]1COC(=O)N1C(C)n1nnc2ccccc21. The molecule has 1 unspecified atom stereocenters. The largest absolute Gasteiger partial charge is 0.447 e. The van der Waals surface area contributed by atoms with Gasteiger partial charge < -0.3 is 4.74 Å². The molecule has 0 bridgehead atoms. The Kier molecular flexibility index (Phi) is 3.08. The van der Waals surface area contributed by atoms with E-state index in [-0.39, 0.29) is 18.3 Å². The van der Waals surface area contributed by atoms with Crippen molar-refractivity contribution in [2.45, 2.75) is 33.0 Å². The average molecular weight is 274 g/mol. The van der Waals surface area contributed by atoms with E-state index in [1.807, 2.05) is 31.2 Å². The standard InChI is InChI=1S/C14H18N4O2/c1-9(2)13-8-20-14(19)17(13)10(3)18-12-7-5-4-6-11(12)15-16-18/h4-7,9-10,13H,8H2,1-3H3/t10?,13-/m1/s1. The van der Waals surface area contributed by atoms with Crippen LogP contribution in [-0.2, 0) is 4.74 Å². The van der Waals surface area contributed by atoms with Gasteiger partial charge in [-0.15, -0.1) is 5.10 Å². The van der Waals surface area contributed by atoms with Gasteiger partial charge >= 0.3 is 6.09 Å². The number of aromatic nitrogens is 3. The van der Waals surface area contributed by atoms with Gasteiger partial charge in [-0.05, 0) is 25.0 Å². The lowest BCUT2D eigenvalue weighted by Crippen LogP contribution is -2.41. The number of amides is 1. The van der Waals surface area contributed by atoms with Crippen molar-refractivity contribution < 1.29 is 9.53 Å². The Balaban J connectivity index is 1.99. The van der Waals surface area contributed by atoms with Crippen molar-refractivity contribution in [3.05, 3.63) is 24.3 Å². The van der Waals surface area contributed by atoms with Gasteiger partial charge in [-0.2, -0.15) is 0 Å². The number of para-hydroxylation sites is 1. The van der Waals surface area contributed by atoms with Crippen LogP contribution in [0.3, 0.4) is 0 Å². The van der Waals surface area contributed by atoms with Gasteiger partial charge in [-0.1, -0.05) is 31.2 Å². The van der Waals surface area contributed by atoms with E-state index in [4.69, 9.17) is 4.74 Å². The molecule has 2 heterocycles. The minimum atomic E-state index is -0.282. The first-order valence-electron chi connectivity index (χ1n) is 6.84. The number of ether oxygens (including phenoxy) is 1. The predicted molar refractivity (Wildman–Crippen MR) is 74.1 cm³/mol. The molecule has 3 rings (SSSR count). The summed E-state index contributed by atoms with van der Waals surface area (Å²) < 4.78 is 6.97. The van der Waals surface area contributed by atoms with Crippen LogP contribution in [0.4, 0.5) is 4.79 Å². The Morgan fingerprint density at radius 2 is 2.05 bits per heavy atom. The molecule has 1 aromatic carbocycles. The second kappa shape index (κ2) is 4.77. The molecule has 1 saturated heterocycles. The number of rotatable bonds is 3. The van der Waals surface area contributed by atoms with Crippen molar-refractivity contribution in [1.82, 2.24) is 19.9 Å². The van der Waals surface area contributed by atoms with Crippen molar-refractivity contribution in [3.8, 4) is 0 Å². The van der Waals surface area contributed by atoms with Crippen molar-refractivity contribution in [1.29, 1.82) is 0 Å². The molecular weight excluding hydrogens is 256 g/mol. The van der Waals surface area contributed by atoms with Crippen LogP contribution in [0.2, 0.25) is 0 Å². The van der Waals surface area contributed by atoms with Gasteiger partial charge in [-0.3, -0.25) is 4.90 Å². The molecule has 1 fully saturated rings. The van der Waals surface area contributed by atoms with Gasteiger partial charge in [0.2, 0.25) is 0 Å². The van der Waals surface area contributed by atoms with Crippen molar-refractivity contribution >= 4 is 17.1 Å². The number of carbonyl (C=O) groups excluding carboxylic acids is 1. The van der Waals surface area contributed by atoms with E-state index in [1.165, 1.54) is 0 Å². The number of hydrogen-bond acceptors (Lipinski definition) is 4. The second-order valence-electron chi connectivity index (χ2n) is 5.45. The lowest BCUT2D eigenvalue weighted by atomic mass is 10.0. The fourth-order valence-corrected chi connectivity index (χ4v) is 2.67. The van der Waals surface area contributed by atoms with Crippen LogP contribution >= 0.6 is 0 Å². The molecule has 6 heteroatoms. The summed E-state index contributed by atoms with van der Waals surface area (Å²) in [5, 5.41) is 8.33. The summed E-state index contributed by atoms with van der Waals surface area (Å²) in [6, 6.07) is 7.80. The highest BCUT2D eigenvalue weighted by Gasteiger charge is 2.39. The van der Waals surface area contributed by atoms with Crippen LogP contribution in [-0.4, -0.2) is 38.6 Å². The first-order valence-corrected chi connectivity index (χ1v) is 6.84. The van der Waals surface area contributed by atoms with Gasteiger partial charge in [-0.25, -0.2) is 9.48 Å². The Hall–Kier alpha value is -2.11.